The van der Waals surface area contributed by atoms with Crippen molar-refractivity contribution in [3.8, 4) is 11.3 Å². The molecule has 1 saturated heterocycles. The average Bonchev–Trinajstić information content (AvgIpc) is 2.73. The number of nitrogens with one attached hydrogen (secondary N) is 1. The summed E-state index contributed by atoms with van der Waals surface area (Å²) in [6.07, 6.45) is 2.15. The fourth-order valence-corrected chi connectivity index (χ4v) is 3.79. The summed E-state index contributed by atoms with van der Waals surface area (Å²) in [7, 11) is 1.97. The van der Waals surface area contributed by atoms with Crippen LogP contribution in [0.2, 0.25) is 0 Å². The molecule has 138 valence electrons. The van der Waals surface area contributed by atoms with E-state index in [9.17, 15) is 4.79 Å². The maximum absolute atomic E-state index is 13.4. The number of para-hydroxylation sites is 1. The molecule has 0 aliphatic carbocycles. The first-order valence-corrected chi connectivity index (χ1v) is 9.59. The van der Waals surface area contributed by atoms with Crippen LogP contribution in [0, 0.1) is 6.92 Å². The first-order chi connectivity index (χ1) is 13.2. The number of hydrogen-bond donors (Lipinski definition) is 1. The Morgan fingerprint density at radius 2 is 1.93 bits per heavy atom. The van der Waals surface area contributed by atoms with Crippen molar-refractivity contribution in [3.05, 3.63) is 65.7 Å². The predicted molar refractivity (Wildman–Crippen MR) is 110 cm³/mol. The number of aryl methyl sites for hydroxylation is 1. The Balaban J connectivity index is 1.78. The van der Waals surface area contributed by atoms with Gasteiger partial charge in [0.2, 0.25) is 0 Å². The van der Waals surface area contributed by atoms with Gasteiger partial charge in [-0.2, -0.15) is 0 Å². The fourth-order valence-electron chi connectivity index (χ4n) is 3.79. The highest BCUT2D eigenvalue weighted by atomic mass is 16.2. The van der Waals surface area contributed by atoms with Gasteiger partial charge in [0, 0.05) is 30.1 Å². The van der Waals surface area contributed by atoms with E-state index < -0.39 is 0 Å². The average molecular weight is 359 g/mol. The van der Waals surface area contributed by atoms with Crippen molar-refractivity contribution in [3.63, 3.8) is 0 Å². The van der Waals surface area contributed by atoms with E-state index in [4.69, 9.17) is 4.98 Å². The van der Waals surface area contributed by atoms with Crippen molar-refractivity contribution in [2.24, 2.45) is 0 Å². The van der Waals surface area contributed by atoms with Gasteiger partial charge in [-0.05, 0) is 38.9 Å². The largest absolute Gasteiger partial charge is 0.337 e. The molecule has 3 aromatic rings. The number of piperidine rings is 1. The van der Waals surface area contributed by atoms with Crippen LogP contribution in [0.1, 0.15) is 28.8 Å². The lowest BCUT2D eigenvalue weighted by Gasteiger charge is -2.33. The molecule has 4 heteroatoms. The molecule has 0 radical (unpaired) electrons. The minimum Gasteiger partial charge on any atom is -0.337 e. The minimum atomic E-state index is 0.0990. The van der Waals surface area contributed by atoms with Gasteiger partial charge in [0.1, 0.15) is 0 Å². The molecule has 27 heavy (non-hydrogen) atoms. The second-order valence-corrected chi connectivity index (χ2v) is 7.32. The van der Waals surface area contributed by atoms with Crippen molar-refractivity contribution < 1.29 is 4.79 Å². The van der Waals surface area contributed by atoms with Crippen molar-refractivity contribution in [1.82, 2.24) is 15.2 Å². The lowest BCUT2D eigenvalue weighted by Crippen LogP contribution is -2.47. The summed E-state index contributed by atoms with van der Waals surface area (Å²) in [6, 6.07) is 18.5. The van der Waals surface area contributed by atoms with E-state index in [1.165, 1.54) is 5.56 Å². The zero-order valence-corrected chi connectivity index (χ0v) is 15.9. The third-order valence-corrected chi connectivity index (χ3v) is 5.41. The summed E-state index contributed by atoms with van der Waals surface area (Å²) in [6.45, 7) is 3.64. The molecule has 1 aliphatic rings. The second kappa shape index (κ2) is 7.49. The molecule has 0 saturated carbocycles. The molecule has 1 unspecified atom stereocenters. The van der Waals surface area contributed by atoms with E-state index >= 15 is 0 Å². The maximum Gasteiger partial charge on any atom is 0.254 e. The summed E-state index contributed by atoms with van der Waals surface area (Å²) in [4.78, 5) is 20.2. The second-order valence-electron chi connectivity index (χ2n) is 7.32. The molecule has 1 aliphatic heterocycles. The number of hydrogen-bond acceptors (Lipinski definition) is 3. The molecule has 0 spiro atoms. The minimum absolute atomic E-state index is 0.0990. The van der Waals surface area contributed by atoms with Gasteiger partial charge in [-0.1, -0.05) is 48.0 Å². The van der Waals surface area contributed by atoms with Gasteiger partial charge >= 0.3 is 0 Å². The topological polar surface area (TPSA) is 45.2 Å². The summed E-state index contributed by atoms with van der Waals surface area (Å²) >= 11 is 0. The summed E-state index contributed by atoms with van der Waals surface area (Å²) in [5.74, 6) is 0.0990. The molecule has 4 nitrogen and oxygen atoms in total. The van der Waals surface area contributed by atoms with Crippen LogP contribution < -0.4 is 5.32 Å². The van der Waals surface area contributed by atoms with Crippen LogP contribution in [0.4, 0.5) is 0 Å². The Kier molecular flexibility index (Phi) is 4.90. The molecule has 1 N–H and O–H groups in total. The standard InChI is InChI=1S/C23H25N3O/c1-16-9-11-17(12-10-16)22-14-20(19-7-3-4-8-21(19)25-22)23(27)26-13-5-6-18(15-26)24-2/h3-4,7-12,14,18,24H,5-6,13,15H2,1-2H3. The number of aromatic nitrogens is 1. The number of amides is 1. The van der Waals surface area contributed by atoms with Gasteiger partial charge in [0.05, 0.1) is 16.8 Å². The number of carbonyl (C=O) groups is 1. The molecular weight excluding hydrogens is 334 g/mol. The normalized spacial score (nSPS) is 17.3. The summed E-state index contributed by atoms with van der Waals surface area (Å²) in [5, 5.41) is 4.23. The van der Waals surface area contributed by atoms with Crippen molar-refractivity contribution in [2.75, 3.05) is 20.1 Å². The lowest BCUT2D eigenvalue weighted by atomic mass is 10.0. The number of nitrogens with zero attached hydrogens (tertiary/aromatic N) is 2. The molecule has 1 atom stereocenters. The molecule has 2 heterocycles. The highest BCUT2D eigenvalue weighted by Gasteiger charge is 2.25. The Morgan fingerprint density at radius 1 is 1.15 bits per heavy atom. The quantitative estimate of drug-likeness (QED) is 0.768. The molecule has 1 amide bonds. The van der Waals surface area contributed by atoms with Crippen LogP contribution in [0.25, 0.3) is 22.2 Å². The first kappa shape index (κ1) is 17.7. The summed E-state index contributed by atoms with van der Waals surface area (Å²) in [5.41, 5.74) is 4.70. The van der Waals surface area contributed by atoms with Crippen LogP contribution in [0.3, 0.4) is 0 Å². The van der Waals surface area contributed by atoms with Crippen molar-refractivity contribution in [2.45, 2.75) is 25.8 Å². The van der Waals surface area contributed by atoms with E-state index in [0.717, 1.165) is 53.7 Å². The number of pyridine rings is 1. The van der Waals surface area contributed by atoms with Crippen LogP contribution in [0.5, 0.6) is 0 Å². The van der Waals surface area contributed by atoms with E-state index in [1.807, 2.05) is 42.3 Å². The zero-order chi connectivity index (χ0) is 18.8. The summed E-state index contributed by atoms with van der Waals surface area (Å²) < 4.78 is 0. The maximum atomic E-state index is 13.4. The van der Waals surface area contributed by atoms with Crippen LogP contribution in [-0.4, -0.2) is 42.0 Å². The van der Waals surface area contributed by atoms with E-state index in [2.05, 4.69) is 36.5 Å². The van der Waals surface area contributed by atoms with Gasteiger partial charge in [-0.15, -0.1) is 0 Å². The third kappa shape index (κ3) is 3.58. The van der Waals surface area contributed by atoms with Gasteiger partial charge < -0.3 is 10.2 Å². The number of carbonyl (C=O) groups excluding carboxylic acids is 1. The molecule has 0 bridgehead atoms. The molecule has 4 rings (SSSR count). The SMILES string of the molecule is CNC1CCCN(C(=O)c2cc(-c3ccc(C)cc3)nc3ccccc23)C1. The van der Waals surface area contributed by atoms with E-state index in [-0.39, 0.29) is 5.91 Å². The van der Waals surface area contributed by atoms with Crippen molar-refractivity contribution >= 4 is 16.8 Å². The molecular formula is C23H25N3O. The molecule has 1 aromatic heterocycles. The number of rotatable bonds is 3. The Hall–Kier alpha value is -2.72. The van der Waals surface area contributed by atoms with Gasteiger partial charge in [0.15, 0.2) is 0 Å². The third-order valence-electron chi connectivity index (χ3n) is 5.41. The number of likely N-dealkylation sites (tertiary alicyclic amines) is 1. The van der Waals surface area contributed by atoms with Gasteiger partial charge in [-0.3, -0.25) is 4.79 Å². The van der Waals surface area contributed by atoms with Crippen LogP contribution in [-0.2, 0) is 0 Å². The van der Waals surface area contributed by atoms with Crippen LogP contribution >= 0.6 is 0 Å². The molecule has 1 fully saturated rings. The van der Waals surface area contributed by atoms with Gasteiger partial charge in [-0.25, -0.2) is 4.98 Å². The van der Waals surface area contributed by atoms with E-state index in [1.54, 1.807) is 0 Å². The lowest BCUT2D eigenvalue weighted by molar-refractivity contribution is 0.0700. The predicted octanol–water partition coefficient (Wildman–Crippen LogP) is 4.03. The number of benzene rings is 2. The zero-order valence-electron chi connectivity index (χ0n) is 15.9. The Morgan fingerprint density at radius 3 is 2.70 bits per heavy atom. The fraction of sp³-hybridized carbons (Fsp3) is 0.304. The number of likely N-dealkylation sites (N-methyl/N-ethyl adjacent to an activating group) is 1. The Labute approximate surface area is 160 Å². The smallest absolute Gasteiger partial charge is 0.254 e. The highest BCUT2D eigenvalue weighted by Crippen LogP contribution is 2.27. The van der Waals surface area contributed by atoms with E-state index in [0.29, 0.717) is 6.04 Å². The first-order valence-electron chi connectivity index (χ1n) is 9.59. The number of fused-ring (bicyclic) bond motifs is 1. The van der Waals surface area contributed by atoms with Gasteiger partial charge in [0.25, 0.3) is 5.91 Å². The Bertz CT molecular complexity index is 965. The highest BCUT2D eigenvalue weighted by molar-refractivity contribution is 6.07. The van der Waals surface area contributed by atoms with Crippen LogP contribution in [0.15, 0.2) is 54.6 Å². The molecule has 2 aromatic carbocycles. The van der Waals surface area contributed by atoms with Crippen molar-refractivity contribution in [1.29, 1.82) is 0 Å². The monoisotopic (exact) mass is 359 g/mol.